The van der Waals surface area contributed by atoms with E-state index in [1.807, 2.05) is 22.7 Å². The smallest absolute Gasteiger partial charge is 0.273 e. The number of ether oxygens (including phenoxy) is 4. The van der Waals surface area contributed by atoms with Crippen molar-refractivity contribution in [3.05, 3.63) is 120 Å². The normalized spacial score (nSPS) is 14.7. The van der Waals surface area contributed by atoms with Gasteiger partial charge in [-0.15, -0.1) is 34.4 Å². The van der Waals surface area contributed by atoms with Crippen LogP contribution in [0.3, 0.4) is 0 Å². The molecular weight excluding hydrogens is 853 g/mol. The second-order valence-electron chi connectivity index (χ2n) is 17.3. The van der Waals surface area contributed by atoms with E-state index < -0.39 is 0 Å². The molecule has 6 nitrogen and oxygen atoms in total. The number of aryl methyl sites for hydroxylation is 2. The number of anilines is 4. The summed E-state index contributed by atoms with van der Waals surface area (Å²) in [7, 11) is 0. The summed E-state index contributed by atoms with van der Waals surface area (Å²) in [5, 5.41) is 6.25. The van der Waals surface area contributed by atoms with Crippen molar-refractivity contribution in [3.63, 3.8) is 0 Å². The van der Waals surface area contributed by atoms with Crippen LogP contribution in [0.2, 0.25) is 0 Å². The number of rotatable bonds is 2. The maximum Gasteiger partial charge on any atom is 0.273 e. The van der Waals surface area contributed by atoms with Gasteiger partial charge in [0.25, 0.3) is 20.1 Å². The van der Waals surface area contributed by atoms with E-state index in [1.54, 1.807) is 23.7 Å². The highest BCUT2D eigenvalue weighted by molar-refractivity contribution is 8.00. The summed E-state index contributed by atoms with van der Waals surface area (Å²) in [5.74, 6) is 7.12. The molecule has 0 fully saturated rings. The van der Waals surface area contributed by atoms with Gasteiger partial charge in [-0.2, -0.15) is 0 Å². The van der Waals surface area contributed by atoms with E-state index >= 15 is 0 Å². The van der Waals surface area contributed by atoms with Gasteiger partial charge in [0.1, 0.15) is 46.0 Å². The lowest BCUT2D eigenvalue weighted by atomic mass is 9.31. The standard InChI is InChI=1S/C50H31B3N2O4S4/c1-23-13-33-44-38(14-23)58-47-26-9-5-7-11-42(26)62-49(47)52(44)28-19-29-34(21-32(28)54-33)55(61-4)35-17-25(60-3)18-41-45(35)51(29)30-20-31-37(22-36(30)57-41)56-39-15-24(2)16-40-46(39)53(31)50-48(59-40)27-10-6-8-12-43(27)63-50/h5-22,54H,1-4H3. The quantitative estimate of drug-likeness (QED) is 0.106. The topological polar surface area (TPSA) is 52.2 Å². The number of benzene rings is 7. The summed E-state index contributed by atoms with van der Waals surface area (Å²) in [6.07, 6.45) is 4.32. The SMILES string of the molecule is CSc1cc2c3c(c1)N(SC)c1cc4c(cc1B3c1cc3c(cc1O2)Oc1cc(C)cc2c1B3c1sc3ccccc3c1O2)B1c2sc3ccccc3c2Oc2cc(C)cc(c21)N4. The third-order valence-electron chi connectivity index (χ3n) is 13.7. The lowest BCUT2D eigenvalue weighted by Gasteiger charge is -2.41. The average molecular weight is 885 g/mol. The lowest BCUT2D eigenvalue weighted by molar-refractivity contribution is 0.457. The van der Waals surface area contributed by atoms with Gasteiger partial charge in [-0.25, -0.2) is 0 Å². The molecule has 1 N–H and O–H groups in total. The molecule has 0 spiro atoms. The number of nitrogens with one attached hydrogen (secondary N) is 1. The fourth-order valence-electron chi connectivity index (χ4n) is 11.2. The second kappa shape index (κ2) is 12.4. The maximum atomic E-state index is 7.12. The molecule has 9 aromatic rings. The van der Waals surface area contributed by atoms with Gasteiger partial charge in [0.15, 0.2) is 0 Å². The molecule has 2 aromatic heterocycles. The molecule has 0 bridgehead atoms. The molecule has 7 aromatic carbocycles. The largest absolute Gasteiger partial charge is 0.458 e. The van der Waals surface area contributed by atoms with Gasteiger partial charge in [-0.3, -0.25) is 4.31 Å². The molecule has 13 heteroatoms. The van der Waals surface area contributed by atoms with Crippen LogP contribution >= 0.6 is 46.4 Å². The Morgan fingerprint density at radius 1 is 0.508 bits per heavy atom. The van der Waals surface area contributed by atoms with Crippen molar-refractivity contribution in [1.29, 1.82) is 0 Å². The number of thioether (sulfide) groups is 1. The Labute approximate surface area is 380 Å². The van der Waals surface area contributed by atoms with Gasteiger partial charge in [-0.1, -0.05) is 36.4 Å². The summed E-state index contributed by atoms with van der Waals surface area (Å²) in [6, 6.07) is 40.1. The highest BCUT2D eigenvalue weighted by Gasteiger charge is 2.49. The molecule has 0 saturated carbocycles. The molecule has 15 rings (SSSR count). The fraction of sp³-hybridized carbons (Fsp3) is 0.0800. The monoisotopic (exact) mass is 884 g/mol. The van der Waals surface area contributed by atoms with Gasteiger partial charge in [0.05, 0.1) is 5.69 Å². The zero-order valence-electron chi connectivity index (χ0n) is 34.3. The van der Waals surface area contributed by atoms with E-state index in [0.29, 0.717) is 0 Å². The molecule has 0 saturated heterocycles. The first-order chi connectivity index (χ1) is 30.9. The van der Waals surface area contributed by atoms with Gasteiger partial charge in [0.2, 0.25) is 0 Å². The van der Waals surface area contributed by atoms with Crippen molar-refractivity contribution >= 4 is 157 Å². The summed E-state index contributed by atoms with van der Waals surface area (Å²) in [6.45, 7) is 4.10. The minimum atomic E-state index is -0.107. The van der Waals surface area contributed by atoms with E-state index in [1.165, 1.54) is 57.4 Å². The molecule has 8 heterocycles. The first-order valence-corrected chi connectivity index (χ1v) is 25.2. The van der Waals surface area contributed by atoms with E-state index in [2.05, 4.69) is 145 Å². The van der Waals surface area contributed by atoms with Gasteiger partial charge in [-0.05, 0) is 143 Å². The number of thiophene rings is 2. The van der Waals surface area contributed by atoms with Gasteiger partial charge < -0.3 is 24.3 Å². The third-order valence-corrected chi connectivity index (χ3v) is 17.6. The van der Waals surface area contributed by atoms with Crippen molar-refractivity contribution in [2.75, 3.05) is 22.1 Å². The Morgan fingerprint density at radius 3 is 1.78 bits per heavy atom. The Kier molecular flexibility index (Phi) is 7.03. The van der Waals surface area contributed by atoms with Crippen molar-refractivity contribution in [3.8, 4) is 46.0 Å². The van der Waals surface area contributed by atoms with Crippen LogP contribution in [0.1, 0.15) is 11.1 Å². The number of hydrogen-bond donors (Lipinski definition) is 1. The number of hydrogen-bond acceptors (Lipinski definition) is 10. The molecule has 0 amide bonds. The van der Waals surface area contributed by atoms with Crippen molar-refractivity contribution < 1.29 is 18.9 Å². The fourth-order valence-corrected chi connectivity index (χ4v) is 14.9. The van der Waals surface area contributed by atoms with E-state index in [9.17, 15) is 0 Å². The molecule has 6 aliphatic rings. The molecule has 298 valence electrons. The number of fused-ring (bicyclic) bond motifs is 16. The van der Waals surface area contributed by atoms with Crippen molar-refractivity contribution in [1.82, 2.24) is 0 Å². The first kappa shape index (κ1) is 35.6. The van der Waals surface area contributed by atoms with Crippen LogP contribution in [0.15, 0.2) is 114 Å². The van der Waals surface area contributed by atoms with Crippen LogP contribution in [-0.2, 0) is 0 Å². The van der Waals surface area contributed by atoms with Crippen LogP contribution < -0.4 is 76.4 Å². The summed E-state index contributed by atoms with van der Waals surface area (Å²) in [4.78, 5) is 1.16. The molecule has 63 heavy (non-hydrogen) atoms. The molecule has 0 radical (unpaired) electrons. The maximum absolute atomic E-state index is 7.12. The van der Waals surface area contributed by atoms with E-state index in [-0.39, 0.29) is 20.1 Å². The predicted molar refractivity (Wildman–Crippen MR) is 270 cm³/mol. The zero-order chi connectivity index (χ0) is 41.6. The van der Waals surface area contributed by atoms with Crippen LogP contribution in [0.25, 0.3) is 20.2 Å². The molecule has 0 aliphatic carbocycles. The van der Waals surface area contributed by atoms with E-state index in [4.69, 9.17) is 18.9 Å². The average Bonchev–Trinajstić information content (AvgIpc) is 3.85. The predicted octanol–water partition coefficient (Wildman–Crippen LogP) is 8.21. The third kappa shape index (κ3) is 4.65. The Balaban J connectivity index is 0.992. The Bertz CT molecular complexity index is 3620. The minimum absolute atomic E-state index is 0.00371. The molecule has 6 aliphatic heterocycles. The van der Waals surface area contributed by atoms with Gasteiger partial charge >= 0.3 is 0 Å². The van der Waals surface area contributed by atoms with E-state index in [0.717, 1.165) is 95.3 Å². The van der Waals surface area contributed by atoms with Crippen LogP contribution in [0.4, 0.5) is 22.7 Å². The molecular formula is C50H31B3N2O4S4. The van der Waals surface area contributed by atoms with Gasteiger partial charge in [0, 0.05) is 69.5 Å². The highest BCUT2D eigenvalue weighted by Crippen LogP contribution is 2.47. The summed E-state index contributed by atoms with van der Waals surface area (Å²) >= 11 is 7.16. The first-order valence-electron chi connectivity index (χ1n) is 21.1. The summed E-state index contributed by atoms with van der Waals surface area (Å²) in [5.41, 5.74) is 15.1. The van der Waals surface area contributed by atoms with Crippen molar-refractivity contribution in [2.24, 2.45) is 0 Å². The Hall–Kier alpha value is -5.85. The molecule has 0 atom stereocenters. The lowest BCUT2D eigenvalue weighted by Crippen LogP contribution is -2.64. The minimum Gasteiger partial charge on any atom is -0.458 e. The number of nitrogens with zero attached hydrogens (tertiary/aromatic N) is 1. The van der Waals surface area contributed by atoms with Crippen LogP contribution in [0, 0.1) is 13.8 Å². The van der Waals surface area contributed by atoms with Crippen LogP contribution in [0.5, 0.6) is 46.0 Å². The van der Waals surface area contributed by atoms with Crippen molar-refractivity contribution in [2.45, 2.75) is 18.7 Å². The highest BCUT2D eigenvalue weighted by atomic mass is 32.2. The van der Waals surface area contributed by atoms with Crippen LogP contribution in [-0.4, -0.2) is 32.6 Å². The Morgan fingerprint density at radius 2 is 1.10 bits per heavy atom. The zero-order valence-corrected chi connectivity index (χ0v) is 37.6. The molecule has 0 unspecified atom stereocenters. The second-order valence-corrected chi connectivity index (χ2v) is 21.1. The summed E-state index contributed by atoms with van der Waals surface area (Å²) < 4.78 is 35.1.